The number of hydrogen-bond donors (Lipinski definition) is 1. The van der Waals surface area contributed by atoms with Crippen molar-refractivity contribution in [3.8, 4) is 0 Å². The average Bonchev–Trinajstić information content (AvgIpc) is 2.45. The molecule has 0 aromatic carbocycles. The lowest BCUT2D eigenvalue weighted by Crippen LogP contribution is -2.43. The van der Waals surface area contributed by atoms with Gasteiger partial charge in [-0.3, -0.25) is 10.1 Å². The molecule has 1 amide bonds. The predicted octanol–water partition coefficient (Wildman–Crippen LogP) is 1.89. The van der Waals surface area contributed by atoms with Crippen molar-refractivity contribution < 1.29 is 18.0 Å². The van der Waals surface area contributed by atoms with Crippen molar-refractivity contribution in [1.29, 1.82) is 0 Å². The molecule has 6 heteroatoms. The molecule has 0 aliphatic carbocycles. The zero-order valence-electron chi connectivity index (χ0n) is 9.52. The van der Waals surface area contributed by atoms with Crippen molar-refractivity contribution in [2.45, 2.75) is 44.8 Å². The number of amides is 1. The van der Waals surface area contributed by atoms with Crippen LogP contribution in [-0.4, -0.2) is 35.7 Å². The van der Waals surface area contributed by atoms with Crippen LogP contribution in [-0.2, 0) is 4.79 Å². The fraction of sp³-hybridized carbons (Fsp3) is 0.900. The van der Waals surface area contributed by atoms with Crippen molar-refractivity contribution >= 4 is 5.91 Å². The van der Waals surface area contributed by atoms with E-state index in [4.69, 9.17) is 0 Å². The fourth-order valence-electron chi connectivity index (χ4n) is 1.69. The maximum absolute atomic E-state index is 11.9. The van der Waals surface area contributed by atoms with Crippen LogP contribution in [0.5, 0.6) is 0 Å². The van der Waals surface area contributed by atoms with Crippen LogP contribution >= 0.6 is 0 Å². The first kappa shape index (κ1) is 13.3. The van der Waals surface area contributed by atoms with Crippen molar-refractivity contribution in [2.75, 3.05) is 13.2 Å². The van der Waals surface area contributed by atoms with Gasteiger partial charge in [-0.05, 0) is 19.8 Å². The number of rotatable bonds is 4. The molecule has 1 unspecified atom stereocenters. The number of nitrogens with zero attached hydrogens (tertiary/aromatic N) is 1. The summed E-state index contributed by atoms with van der Waals surface area (Å²) in [5.41, 5.74) is -0.599. The Kier molecular flexibility index (Phi) is 3.83. The smallest absolute Gasteiger partial charge is 0.328 e. The second-order valence-corrected chi connectivity index (χ2v) is 4.31. The molecule has 94 valence electrons. The maximum atomic E-state index is 11.9. The molecule has 1 atom stereocenters. The first-order valence-electron chi connectivity index (χ1n) is 5.39. The third kappa shape index (κ3) is 3.10. The number of alkyl halides is 3. The molecule has 1 saturated heterocycles. The van der Waals surface area contributed by atoms with Crippen molar-refractivity contribution in [3.05, 3.63) is 0 Å². The van der Waals surface area contributed by atoms with E-state index in [2.05, 4.69) is 5.32 Å². The van der Waals surface area contributed by atoms with Gasteiger partial charge in [0.15, 0.2) is 0 Å². The molecule has 1 aliphatic rings. The molecule has 0 aromatic rings. The minimum atomic E-state index is -4.13. The molecule has 1 fully saturated rings. The van der Waals surface area contributed by atoms with E-state index in [0.717, 1.165) is 0 Å². The molecule has 16 heavy (non-hydrogen) atoms. The van der Waals surface area contributed by atoms with Crippen molar-refractivity contribution in [2.24, 2.45) is 0 Å². The molecule has 0 bridgehead atoms. The van der Waals surface area contributed by atoms with Gasteiger partial charge in [-0.15, -0.1) is 0 Å². The van der Waals surface area contributed by atoms with Gasteiger partial charge in [-0.25, -0.2) is 0 Å². The largest absolute Gasteiger partial charge is 0.389 e. The highest BCUT2D eigenvalue weighted by molar-refractivity contribution is 5.87. The second kappa shape index (κ2) is 4.61. The lowest BCUT2D eigenvalue weighted by Gasteiger charge is -2.21. The maximum Gasteiger partial charge on any atom is 0.389 e. The molecule has 0 aromatic heterocycles. The standard InChI is InChI=1S/C10H17F3N2O/c1-3-9(2)8(16)15(7-14-9)6-4-5-10(11,12)13/h14H,3-7H2,1-2H3. The van der Waals surface area contributed by atoms with Gasteiger partial charge in [0.25, 0.3) is 0 Å². The minimum Gasteiger partial charge on any atom is -0.328 e. The summed E-state index contributed by atoms with van der Waals surface area (Å²) in [6.07, 6.45) is -4.36. The Hall–Kier alpha value is -0.780. The first-order chi connectivity index (χ1) is 7.28. The van der Waals surface area contributed by atoms with Crippen LogP contribution in [0.3, 0.4) is 0 Å². The van der Waals surface area contributed by atoms with Crippen molar-refractivity contribution in [1.82, 2.24) is 10.2 Å². The van der Waals surface area contributed by atoms with E-state index < -0.39 is 18.1 Å². The normalized spacial score (nSPS) is 26.6. The van der Waals surface area contributed by atoms with Crippen LogP contribution in [0.25, 0.3) is 0 Å². The van der Waals surface area contributed by atoms with Crippen LogP contribution < -0.4 is 5.32 Å². The molecule has 1 aliphatic heterocycles. The van der Waals surface area contributed by atoms with Gasteiger partial charge in [0.2, 0.25) is 5.91 Å². The highest BCUT2D eigenvalue weighted by Crippen LogP contribution is 2.23. The minimum absolute atomic E-state index is 0.0310. The van der Waals surface area contributed by atoms with E-state index in [9.17, 15) is 18.0 Å². The molecule has 1 heterocycles. The third-order valence-electron chi connectivity index (χ3n) is 3.01. The van der Waals surface area contributed by atoms with Gasteiger partial charge in [0.05, 0.1) is 12.2 Å². The van der Waals surface area contributed by atoms with E-state index in [0.29, 0.717) is 13.1 Å². The lowest BCUT2D eigenvalue weighted by atomic mass is 9.99. The van der Waals surface area contributed by atoms with Gasteiger partial charge in [-0.2, -0.15) is 13.2 Å². The summed E-state index contributed by atoms with van der Waals surface area (Å²) in [6, 6.07) is 0. The third-order valence-corrected chi connectivity index (χ3v) is 3.01. The molecule has 0 spiro atoms. The predicted molar refractivity (Wildman–Crippen MR) is 53.7 cm³/mol. The second-order valence-electron chi connectivity index (χ2n) is 4.31. The van der Waals surface area contributed by atoms with Gasteiger partial charge in [0.1, 0.15) is 0 Å². The highest BCUT2D eigenvalue weighted by Gasteiger charge is 2.40. The first-order valence-corrected chi connectivity index (χ1v) is 5.39. The summed E-state index contributed by atoms with van der Waals surface area (Å²) >= 11 is 0. The van der Waals surface area contributed by atoms with Gasteiger partial charge in [0, 0.05) is 13.0 Å². The molecule has 0 radical (unpaired) electrons. The Morgan fingerprint density at radius 2 is 2.12 bits per heavy atom. The zero-order chi connectivity index (χ0) is 12.4. The van der Waals surface area contributed by atoms with E-state index in [1.165, 1.54) is 4.90 Å². The van der Waals surface area contributed by atoms with Gasteiger partial charge in [-0.1, -0.05) is 6.92 Å². The molecule has 1 N–H and O–H groups in total. The van der Waals surface area contributed by atoms with E-state index in [1.807, 2.05) is 6.92 Å². The fourth-order valence-corrected chi connectivity index (χ4v) is 1.69. The quantitative estimate of drug-likeness (QED) is 0.811. The summed E-state index contributed by atoms with van der Waals surface area (Å²) in [6.45, 7) is 4.17. The number of carbonyl (C=O) groups is 1. The van der Waals surface area contributed by atoms with Crippen LogP contribution in [0.4, 0.5) is 13.2 Å². The summed E-state index contributed by atoms with van der Waals surface area (Å²) < 4.78 is 35.8. The number of hydrogen-bond acceptors (Lipinski definition) is 2. The zero-order valence-corrected chi connectivity index (χ0v) is 9.52. The summed E-state index contributed by atoms with van der Waals surface area (Å²) in [4.78, 5) is 13.2. The number of nitrogens with one attached hydrogen (secondary N) is 1. The molecule has 1 rings (SSSR count). The SMILES string of the molecule is CCC1(C)NCN(CCCC(F)(F)F)C1=O. The van der Waals surface area contributed by atoms with Crippen LogP contribution in [0.2, 0.25) is 0 Å². The van der Waals surface area contributed by atoms with E-state index in [-0.39, 0.29) is 18.9 Å². The van der Waals surface area contributed by atoms with Crippen molar-refractivity contribution in [3.63, 3.8) is 0 Å². The van der Waals surface area contributed by atoms with Gasteiger partial charge >= 0.3 is 6.18 Å². The summed E-state index contributed by atoms with van der Waals surface area (Å²) in [5.74, 6) is -0.0998. The monoisotopic (exact) mass is 238 g/mol. The van der Waals surface area contributed by atoms with E-state index in [1.54, 1.807) is 6.92 Å². The summed E-state index contributed by atoms with van der Waals surface area (Å²) in [5, 5.41) is 3.03. The van der Waals surface area contributed by atoms with Crippen LogP contribution in [0.1, 0.15) is 33.1 Å². The Morgan fingerprint density at radius 1 is 1.50 bits per heavy atom. The van der Waals surface area contributed by atoms with Gasteiger partial charge < -0.3 is 4.90 Å². The Morgan fingerprint density at radius 3 is 2.56 bits per heavy atom. The Labute approximate surface area is 93.0 Å². The Balaban J connectivity index is 2.38. The number of carbonyl (C=O) groups excluding carboxylic acids is 1. The topological polar surface area (TPSA) is 32.3 Å². The van der Waals surface area contributed by atoms with E-state index >= 15 is 0 Å². The number of halogens is 3. The highest BCUT2D eigenvalue weighted by atomic mass is 19.4. The van der Waals surface area contributed by atoms with Crippen LogP contribution in [0.15, 0.2) is 0 Å². The van der Waals surface area contributed by atoms with Crippen LogP contribution in [0, 0.1) is 0 Å². The lowest BCUT2D eigenvalue weighted by molar-refractivity contribution is -0.140. The average molecular weight is 238 g/mol. The summed E-state index contributed by atoms with van der Waals surface area (Å²) in [7, 11) is 0. The molecular weight excluding hydrogens is 221 g/mol. The molecular formula is C10H17F3N2O. The molecule has 3 nitrogen and oxygen atoms in total. The Bertz CT molecular complexity index is 267. The molecule has 0 saturated carbocycles.